The van der Waals surface area contributed by atoms with Crippen molar-refractivity contribution in [3.63, 3.8) is 0 Å². The summed E-state index contributed by atoms with van der Waals surface area (Å²) < 4.78 is 3.13. The minimum atomic E-state index is -0.568. The van der Waals surface area contributed by atoms with Crippen molar-refractivity contribution >= 4 is 46.7 Å². The number of carbonyl (C=O) groups excluding carboxylic acids is 1. The molecule has 0 bridgehead atoms. The highest BCUT2D eigenvalue weighted by molar-refractivity contribution is 6.36. The molecule has 0 saturated heterocycles. The SMILES string of the molecule is Cc1nn(C(C)C(=O)Nc2ncn(Cc3c(Cl)cccc3Cl)n2)c(C)c1Cl. The van der Waals surface area contributed by atoms with Crippen LogP contribution in [-0.2, 0) is 11.3 Å². The lowest BCUT2D eigenvalue weighted by atomic mass is 10.2. The first-order valence-electron chi connectivity index (χ1n) is 8.12. The van der Waals surface area contributed by atoms with E-state index >= 15 is 0 Å². The predicted molar refractivity (Wildman–Crippen MR) is 106 cm³/mol. The molecule has 0 aliphatic rings. The van der Waals surface area contributed by atoms with Crippen molar-refractivity contribution in [1.29, 1.82) is 0 Å². The van der Waals surface area contributed by atoms with Gasteiger partial charge in [-0.2, -0.15) is 5.10 Å². The zero-order valence-corrected chi connectivity index (χ0v) is 17.1. The number of amides is 1. The van der Waals surface area contributed by atoms with Crippen LogP contribution in [0.5, 0.6) is 0 Å². The zero-order valence-electron chi connectivity index (χ0n) is 14.9. The Morgan fingerprint density at radius 2 is 1.85 bits per heavy atom. The van der Waals surface area contributed by atoms with Crippen molar-refractivity contribution in [2.24, 2.45) is 0 Å². The molecule has 0 aliphatic carbocycles. The second-order valence-corrected chi connectivity index (χ2v) is 7.25. The Kier molecular flexibility index (Phi) is 5.74. The molecule has 2 heterocycles. The Morgan fingerprint density at radius 1 is 1.19 bits per heavy atom. The summed E-state index contributed by atoms with van der Waals surface area (Å²) in [6.07, 6.45) is 1.50. The topological polar surface area (TPSA) is 77.6 Å². The van der Waals surface area contributed by atoms with Crippen molar-refractivity contribution in [1.82, 2.24) is 24.5 Å². The van der Waals surface area contributed by atoms with E-state index in [1.807, 2.05) is 6.92 Å². The van der Waals surface area contributed by atoms with Crippen LogP contribution in [0.3, 0.4) is 0 Å². The van der Waals surface area contributed by atoms with Gasteiger partial charge in [0.25, 0.3) is 5.91 Å². The van der Waals surface area contributed by atoms with E-state index in [0.717, 1.165) is 11.3 Å². The highest BCUT2D eigenvalue weighted by Gasteiger charge is 2.21. The number of carbonyl (C=O) groups is 1. The first kappa shape index (κ1) is 19.7. The van der Waals surface area contributed by atoms with Crippen molar-refractivity contribution in [2.45, 2.75) is 33.4 Å². The van der Waals surface area contributed by atoms with Gasteiger partial charge in [0.2, 0.25) is 5.95 Å². The quantitative estimate of drug-likeness (QED) is 0.658. The number of halogens is 3. The fourth-order valence-corrected chi connectivity index (χ4v) is 3.26. The number of nitrogens with zero attached hydrogens (tertiary/aromatic N) is 5. The number of nitrogens with one attached hydrogen (secondary N) is 1. The highest BCUT2D eigenvalue weighted by Crippen LogP contribution is 2.25. The van der Waals surface area contributed by atoms with Crippen molar-refractivity contribution in [3.05, 3.63) is 56.5 Å². The molecule has 1 N–H and O–H groups in total. The monoisotopic (exact) mass is 426 g/mol. The van der Waals surface area contributed by atoms with Crippen LogP contribution in [-0.4, -0.2) is 30.5 Å². The van der Waals surface area contributed by atoms with E-state index in [9.17, 15) is 4.79 Å². The number of hydrogen-bond acceptors (Lipinski definition) is 4. The van der Waals surface area contributed by atoms with Gasteiger partial charge in [0.05, 0.1) is 23.0 Å². The highest BCUT2D eigenvalue weighted by atomic mass is 35.5. The van der Waals surface area contributed by atoms with E-state index in [-0.39, 0.29) is 11.9 Å². The van der Waals surface area contributed by atoms with E-state index in [0.29, 0.717) is 27.3 Å². The minimum absolute atomic E-state index is 0.183. The van der Waals surface area contributed by atoms with Crippen LogP contribution >= 0.6 is 34.8 Å². The van der Waals surface area contributed by atoms with Gasteiger partial charge in [-0.15, -0.1) is 5.10 Å². The molecule has 3 rings (SSSR count). The van der Waals surface area contributed by atoms with E-state index in [1.165, 1.54) is 6.33 Å². The van der Waals surface area contributed by atoms with Gasteiger partial charge in [-0.1, -0.05) is 40.9 Å². The summed E-state index contributed by atoms with van der Waals surface area (Å²) in [6.45, 7) is 5.67. The normalized spacial score (nSPS) is 12.2. The maximum absolute atomic E-state index is 12.5. The largest absolute Gasteiger partial charge is 0.291 e. The summed E-state index contributed by atoms with van der Waals surface area (Å²) in [5.74, 6) is -0.117. The lowest BCUT2D eigenvalue weighted by molar-refractivity contribution is -0.119. The molecule has 1 amide bonds. The number of aryl methyl sites for hydroxylation is 1. The molecule has 0 fully saturated rings. The molecule has 10 heteroatoms. The molecule has 7 nitrogen and oxygen atoms in total. The molecule has 1 unspecified atom stereocenters. The average molecular weight is 428 g/mol. The fraction of sp³-hybridized carbons (Fsp3) is 0.294. The molecule has 1 atom stereocenters. The van der Waals surface area contributed by atoms with E-state index < -0.39 is 6.04 Å². The lowest BCUT2D eigenvalue weighted by Gasteiger charge is -2.13. The van der Waals surface area contributed by atoms with Crippen LogP contribution in [0.4, 0.5) is 5.95 Å². The fourth-order valence-electron chi connectivity index (χ4n) is 2.62. The number of anilines is 1. The molecule has 3 aromatic rings. The van der Waals surface area contributed by atoms with Gasteiger partial charge in [0, 0.05) is 15.6 Å². The lowest BCUT2D eigenvalue weighted by Crippen LogP contribution is -2.25. The maximum atomic E-state index is 12.5. The van der Waals surface area contributed by atoms with Crippen LogP contribution < -0.4 is 5.32 Å². The summed E-state index contributed by atoms with van der Waals surface area (Å²) >= 11 is 18.5. The molecule has 2 aromatic heterocycles. The Balaban J connectivity index is 1.72. The summed E-state index contributed by atoms with van der Waals surface area (Å²) in [6, 6.07) is 4.71. The Labute approximate surface area is 171 Å². The first-order valence-corrected chi connectivity index (χ1v) is 9.25. The summed E-state index contributed by atoms with van der Waals surface area (Å²) in [5.41, 5.74) is 2.13. The summed E-state index contributed by atoms with van der Waals surface area (Å²) in [5, 5.41) is 12.9. The summed E-state index contributed by atoms with van der Waals surface area (Å²) in [7, 11) is 0. The molecule has 0 aliphatic heterocycles. The summed E-state index contributed by atoms with van der Waals surface area (Å²) in [4.78, 5) is 16.6. The van der Waals surface area contributed by atoms with Gasteiger partial charge in [0.15, 0.2) is 0 Å². The predicted octanol–water partition coefficient (Wildman–Crippen LogP) is 4.30. The van der Waals surface area contributed by atoms with Gasteiger partial charge >= 0.3 is 0 Å². The van der Waals surface area contributed by atoms with Gasteiger partial charge in [0.1, 0.15) is 12.4 Å². The molecule has 0 saturated carbocycles. The van der Waals surface area contributed by atoms with Crippen LogP contribution in [0.25, 0.3) is 0 Å². The third kappa shape index (κ3) is 4.10. The van der Waals surface area contributed by atoms with Crippen LogP contribution in [0, 0.1) is 13.8 Å². The number of benzene rings is 1. The third-order valence-corrected chi connectivity index (χ3v) is 5.39. The van der Waals surface area contributed by atoms with Crippen molar-refractivity contribution in [3.8, 4) is 0 Å². The number of rotatable bonds is 5. The molecule has 142 valence electrons. The minimum Gasteiger partial charge on any atom is -0.291 e. The second kappa shape index (κ2) is 7.88. The van der Waals surface area contributed by atoms with Gasteiger partial charge in [-0.25, -0.2) is 9.67 Å². The van der Waals surface area contributed by atoms with Crippen molar-refractivity contribution < 1.29 is 4.79 Å². The Hall–Kier alpha value is -2.09. The number of hydrogen-bond donors (Lipinski definition) is 1. The van der Waals surface area contributed by atoms with Crippen molar-refractivity contribution in [2.75, 3.05) is 5.32 Å². The van der Waals surface area contributed by atoms with E-state index in [2.05, 4.69) is 20.5 Å². The van der Waals surface area contributed by atoms with Crippen LogP contribution in [0.1, 0.15) is 29.9 Å². The van der Waals surface area contributed by atoms with E-state index in [4.69, 9.17) is 34.8 Å². The second-order valence-electron chi connectivity index (χ2n) is 6.06. The standard InChI is InChI=1S/C17H17Cl3N6O/c1-9-15(20)10(2)26(23-9)11(3)16(27)22-17-21-8-25(24-17)7-12-13(18)5-4-6-14(12)19/h4-6,8,11H,7H2,1-3H3,(H,22,24,27). The molecule has 0 spiro atoms. The Morgan fingerprint density at radius 3 is 2.44 bits per heavy atom. The average Bonchev–Trinajstić information content (AvgIpc) is 3.17. The number of aromatic nitrogens is 5. The van der Waals surface area contributed by atoms with Gasteiger partial charge < -0.3 is 0 Å². The third-order valence-electron chi connectivity index (χ3n) is 4.14. The van der Waals surface area contributed by atoms with E-state index in [1.54, 1.807) is 41.4 Å². The molecular weight excluding hydrogens is 411 g/mol. The maximum Gasteiger partial charge on any atom is 0.251 e. The first-order chi connectivity index (χ1) is 12.8. The molecule has 27 heavy (non-hydrogen) atoms. The Bertz CT molecular complexity index is 976. The molecular formula is C17H17Cl3N6O. The van der Waals surface area contributed by atoms with Crippen LogP contribution in [0.2, 0.25) is 15.1 Å². The van der Waals surface area contributed by atoms with Crippen LogP contribution in [0.15, 0.2) is 24.5 Å². The van der Waals surface area contributed by atoms with Gasteiger partial charge in [-0.3, -0.25) is 14.8 Å². The molecule has 0 radical (unpaired) electrons. The van der Waals surface area contributed by atoms with Gasteiger partial charge in [-0.05, 0) is 32.9 Å². The molecule has 1 aromatic carbocycles. The smallest absolute Gasteiger partial charge is 0.251 e. The zero-order chi connectivity index (χ0) is 19.7.